The standard InChI is InChI=1S/C10H16N4O2/c1-3-14-5-7(11)4-8(14)10(16)13(2)6-9(12)15/h4-5H,3,6,11H2,1-2H3,(H2,12,15). The van der Waals surface area contributed by atoms with Crippen molar-refractivity contribution in [1.82, 2.24) is 9.47 Å². The number of aryl methyl sites for hydroxylation is 1. The molecule has 0 unspecified atom stereocenters. The number of anilines is 1. The maximum atomic E-state index is 11.9. The number of hydrogen-bond acceptors (Lipinski definition) is 3. The molecule has 0 spiro atoms. The van der Waals surface area contributed by atoms with Crippen molar-refractivity contribution in [3.63, 3.8) is 0 Å². The van der Waals surface area contributed by atoms with Crippen molar-refractivity contribution in [1.29, 1.82) is 0 Å². The van der Waals surface area contributed by atoms with Crippen molar-refractivity contribution in [2.45, 2.75) is 13.5 Å². The normalized spacial score (nSPS) is 10.1. The van der Waals surface area contributed by atoms with Gasteiger partial charge in [-0.25, -0.2) is 0 Å². The number of nitrogens with two attached hydrogens (primary N) is 2. The van der Waals surface area contributed by atoms with E-state index in [1.807, 2.05) is 6.92 Å². The summed E-state index contributed by atoms with van der Waals surface area (Å²) in [6.45, 7) is 2.45. The van der Waals surface area contributed by atoms with E-state index in [1.165, 1.54) is 11.9 Å². The fraction of sp³-hybridized carbons (Fsp3) is 0.400. The van der Waals surface area contributed by atoms with E-state index in [2.05, 4.69) is 0 Å². The maximum absolute atomic E-state index is 11.9. The highest BCUT2D eigenvalue weighted by Crippen LogP contribution is 2.12. The van der Waals surface area contributed by atoms with Gasteiger partial charge in [0.15, 0.2) is 0 Å². The van der Waals surface area contributed by atoms with Crippen molar-refractivity contribution in [2.24, 2.45) is 5.73 Å². The Bertz CT molecular complexity index is 411. The minimum atomic E-state index is -0.543. The van der Waals surface area contributed by atoms with Gasteiger partial charge in [0.25, 0.3) is 5.91 Å². The topological polar surface area (TPSA) is 94.3 Å². The zero-order valence-corrected chi connectivity index (χ0v) is 9.43. The zero-order chi connectivity index (χ0) is 12.3. The van der Waals surface area contributed by atoms with Crippen LogP contribution < -0.4 is 11.5 Å². The molecule has 0 aliphatic rings. The van der Waals surface area contributed by atoms with Crippen LogP contribution in [0.4, 0.5) is 5.69 Å². The van der Waals surface area contributed by atoms with E-state index in [9.17, 15) is 9.59 Å². The summed E-state index contributed by atoms with van der Waals surface area (Å²) in [6, 6.07) is 1.59. The van der Waals surface area contributed by atoms with Gasteiger partial charge in [-0.2, -0.15) is 0 Å². The molecule has 0 aromatic carbocycles. The smallest absolute Gasteiger partial charge is 0.270 e. The Morgan fingerprint density at radius 1 is 1.50 bits per heavy atom. The van der Waals surface area contributed by atoms with Crippen molar-refractivity contribution >= 4 is 17.5 Å². The lowest BCUT2D eigenvalue weighted by Gasteiger charge is -2.15. The minimum absolute atomic E-state index is 0.104. The highest BCUT2D eigenvalue weighted by Gasteiger charge is 2.17. The third kappa shape index (κ3) is 2.53. The molecule has 88 valence electrons. The first-order chi connectivity index (χ1) is 7.45. The molecule has 0 aliphatic heterocycles. The second-order valence-electron chi connectivity index (χ2n) is 3.57. The Labute approximate surface area is 93.8 Å². The Kier molecular flexibility index (Phi) is 3.55. The number of hydrogen-bond donors (Lipinski definition) is 2. The molecule has 0 saturated heterocycles. The molecule has 0 atom stereocenters. The summed E-state index contributed by atoms with van der Waals surface area (Å²) in [6.07, 6.45) is 1.69. The molecule has 4 N–H and O–H groups in total. The van der Waals surface area contributed by atoms with Crippen LogP contribution in [0.25, 0.3) is 0 Å². The Morgan fingerprint density at radius 3 is 2.62 bits per heavy atom. The molecule has 1 heterocycles. The number of primary amides is 1. The number of carbonyl (C=O) groups excluding carboxylic acids is 2. The molecule has 6 heteroatoms. The summed E-state index contributed by atoms with van der Waals surface area (Å²) < 4.78 is 1.73. The number of nitrogen functional groups attached to an aromatic ring is 1. The van der Waals surface area contributed by atoms with E-state index in [1.54, 1.807) is 16.8 Å². The average molecular weight is 224 g/mol. The van der Waals surface area contributed by atoms with Gasteiger partial charge in [0, 0.05) is 19.8 Å². The average Bonchev–Trinajstić information content (AvgIpc) is 2.57. The van der Waals surface area contributed by atoms with Crippen LogP contribution >= 0.6 is 0 Å². The second-order valence-corrected chi connectivity index (χ2v) is 3.57. The number of likely N-dealkylation sites (N-methyl/N-ethyl adjacent to an activating group) is 1. The summed E-state index contributed by atoms with van der Waals surface area (Å²) in [5, 5.41) is 0. The van der Waals surface area contributed by atoms with E-state index >= 15 is 0 Å². The van der Waals surface area contributed by atoms with E-state index < -0.39 is 5.91 Å². The van der Waals surface area contributed by atoms with Gasteiger partial charge in [-0.15, -0.1) is 0 Å². The molecule has 2 amide bonds. The summed E-state index contributed by atoms with van der Waals surface area (Å²) in [7, 11) is 1.52. The van der Waals surface area contributed by atoms with Gasteiger partial charge in [0.05, 0.1) is 12.2 Å². The number of carbonyl (C=O) groups is 2. The lowest BCUT2D eigenvalue weighted by molar-refractivity contribution is -0.118. The predicted octanol–water partition coefficient (Wildman–Crippen LogP) is -0.352. The summed E-state index contributed by atoms with van der Waals surface area (Å²) in [5.74, 6) is -0.809. The SMILES string of the molecule is CCn1cc(N)cc1C(=O)N(C)CC(N)=O. The third-order valence-corrected chi connectivity index (χ3v) is 2.22. The second kappa shape index (κ2) is 4.69. The third-order valence-electron chi connectivity index (χ3n) is 2.22. The van der Waals surface area contributed by atoms with Crippen LogP contribution in [0.15, 0.2) is 12.3 Å². The molecule has 0 saturated carbocycles. The molecule has 1 rings (SSSR count). The van der Waals surface area contributed by atoms with Gasteiger partial charge < -0.3 is 20.9 Å². The monoisotopic (exact) mass is 224 g/mol. The van der Waals surface area contributed by atoms with Gasteiger partial charge in [0.1, 0.15) is 5.69 Å². The van der Waals surface area contributed by atoms with E-state index in [0.29, 0.717) is 17.9 Å². The van der Waals surface area contributed by atoms with Crippen LogP contribution in [0.1, 0.15) is 17.4 Å². The number of aromatic nitrogens is 1. The van der Waals surface area contributed by atoms with Crippen molar-refractivity contribution in [2.75, 3.05) is 19.3 Å². The predicted molar refractivity (Wildman–Crippen MR) is 60.7 cm³/mol. The number of rotatable bonds is 4. The maximum Gasteiger partial charge on any atom is 0.270 e. The Balaban J connectivity index is 2.90. The van der Waals surface area contributed by atoms with Gasteiger partial charge in [-0.05, 0) is 13.0 Å². The largest absolute Gasteiger partial charge is 0.397 e. The van der Waals surface area contributed by atoms with Crippen molar-refractivity contribution in [3.05, 3.63) is 18.0 Å². The molecular formula is C10H16N4O2. The van der Waals surface area contributed by atoms with Crippen LogP contribution in [0, 0.1) is 0 Å². The Morgan fingerprint density at radius 2 is 2.12 bits per heavy atom. The summed E-state index contributed by atoms with van der Waals surface area (Å²) in [4.78, 5) is 23.9. The van der Waals surface area contributed by atoms with E-state index in [4.69, 9.17) is 11.5 Å². The lowest BCUT2D eigenvalue weighted by Crippen LogP contribution is -2.36. The number of amides is 2. The van der Waals surface area contributed by atoms with Crippen molar-refractivity contribution < 1.29 is 9.59 Å². The zero-order valence-electron chi connectivity index (χ0n) is 9.43. The van der Waals surface area contributed by atoms with Crippen LogP contribution in [-0.4, -0.2) is 34.9 Å². The highest BCUT2D eigenvalue weighted by atomic mass is 16.2. The molecule has 16 heavy (non-hydrogen) atoms. The van der Waals surface area contributed by atoms with E-state index in [-0.39, 0.29) is 12.5 Å². The quantitative estimate of drug-likeness (QED) is 0.731. The first-order valence-electron chi connectivity index (χ1n) is 4.95. The van der Waals surface area contributed by atoms with Crippen LogP contribution in [0.3, 0.4) is 0 Å². The summed E-state index contributed by atoms with van der Waals surface area (Å²) >= 11 is 0. The number of nitrogens with zero attached hydrogens (tertiary/aromatic N) is 2. The molecule has 6 nitrogen and oxygen atoms in total. The van der Waals surface area contributed by atoms with Crippen LogP contribution in [-0.2, 0) is 11.3 Å². The molecule has 1 aromatic rings. The van der Waals surface area contributed by atoms with Gasteiger partial charge in [-0.3, -0.25) is 9.59 Å². The van der Waals surface area contributed by atoms with Crippen LogP contribution in [0.2, 0.25) is 0 Å². The molecule has 0 radical (unpaired) electrons. The highest BCUT2D eigenvalue weighted by molar-refractivity contribution is 5.95. The van der Waals surface area contributed by atoms with Gasteiger partial charge in [-0.1, -0.05) is 0 Å². The fourth-order valence-corrected chi connectivity index (χ4v) is 1.47. The first-order valence-corrected chi connectivity index (χ1v) is 4.95. The molecule has 0 aliphatic carbocycles. The van der Waals surface area contributed by atoms with Crippen LogP contribution in [0.5, 0.6) is 0 Å². The fourth-order valence-electron chi connectivity index (χ4n) is 1.47. The Hall–Kier alpha value is -1.98. The molecule has 1 aromatic heterocycles. The molecule has 0 fully saturated rings. The molecular weight excluding hydrogens is 208 g/mol. The van der Waals surface area contributed by atoms with Gasteiger partial charge in [0.2, 0.25) is 5.91 Å². The minimum Gasteiger partial charge on any atom is -0.397 e. The van der Waals surface area contributed by atoms with E-state index in [0.717, 1.165) is 0 Å². The summed E-state index contributed by atoms with van der Waals surface area (Å²) in [5.41, 5.74) is 11.6. The molecule has 0 bridgehead atoms. The van der Waals surface area contributed by atoms with Gasteiger partial charge >= 0.3 is 0 Å². The van der Waals surface area contributed by atoms with Crippen molar-refractivity contribution in [3.8, 4) is 0 Å². The first kappa shape index (κ1) is 12.1. The lowest BCUT2D eigenvalue weighted by atomic mass is 10.3.